The molecule has 62 valence electrons. The highest BCUT2D eigenvalue weighted by molar-refractivity contribution is 14.1. The Labute approximate surface area is 89.0 Å². The van der Waals surface area contributed by atoms with Crippen LogP contribution >= 0.6 is 33.9 Å². The summed E-state index contributed by atoms with van der Waals surface area (Å²) < 4.78 is 2.62. The van der Waals surface area contributed by atoms with E-state index in [1.54, 1.807) is 11.3 Å². The Morgan fingerprint density at radius 1 is 1.33 bits per heavy atom. The monoisotopic (exact) mass is 289 g/mol. The molecular formula is C9H8INS. The van der Waals surface area contributed by atoms with E-state index in [0.29, 0.717) is 0 Å². The summed E-state index contributed by atoms with van der Waals surface area (Å²) in [6.45, 7) is 4.17. The fraction of sp³-hybridized carbons (Fsp3) is 0.222. The molecule has 0 saturated carbocycles. The van der Waals surface area contributed by atoms with Gasteiger partial charge in [-0.3, -0.25) is 0 Å². The van der Waals surface area contributed by atoms with Crippen molar-refractivity contribution in [2.45, 2.75) is 13.8 Å². The molecule has 0 saturated heterocycles. The maximum absolute atomic E-state index is 4.43. The van der Waals surface area contributed by atoms with Gasteiger partial charge in [-0.1, -0.05) is 0 Å². The van der Waals surface area contributed by atoms with E-state index in [-0.39, 0.29) is 0 Å². The summed E-state index contributed by atoms with van der Waals surface area (Å²) in [5.74, 6) is 0. The predicted molar refractivity (Wildman–Crippen MR) is 61.8 cm³/mol. The lowest BCUT2D eigenvalue weighted by atomic mass is 10.2. The minimum atomic E-state index is 1.13. The Balaban J connectivity index is 2.83. The molecule has 0 amide bonds. The van der Waals surface area contributed by atoms with Crippen molar-refractivity contribution in [3.8, 4) is 0 Å². The fourth-order valence-electron chi connectivity index (χ4n) is 1.17. The van der Waals surface area contributed by atoms with Crippen molar-refractivity contribution in [3.05, 3.63) is 26.3 Å². The summed E-state index contributed by atoms with van der Waals surface area (Å²) in [5.41, 5.74) is 2.45. The van der Waals surface area contributed by atoms with E-state index in [9.17, 15) is 0 Å². The molecule has 1 heterocycles. The van der Waals surface area contributed by atoms with E-state index in [1.807, 2.05) is 6.92 Å². The van der Waals surface area contributed by atoms with Crippen LogP contribution in [0.2, 0.25) is 0 Å². The van der Waals surface area contributed by atoms with Gasteiger partial charge in [0.15, 0.2) is 0 Å². The largest absolute Gasteiger partial charge is 0.242 e. The molecule has 1 nitrogen and oxygen atoms in total. The number of hydrogen-bond donors (Lipinski definition) is 0. The molecule has 0 bridgehead atoms. The topological polar surface area (TPSA) is 12.9 Å². The van der Waals surface area contributed by atoms with Crippen molar-refractivity contribution in [3.63, 3.8) is 0 Å². The first-order chi connectivity index (χ1) is 5.66. The van der Waals surface area contributed by atoms with Crippen molar-refractivity contribution in [1.82, 2.24) is 4.98 Å². The molecule has 0 aliphatic heterocycles. The summed E-state index contributed by atoms with van der Waals surface area (Å²) in [5, 5.41) is 1.14. The molecule has 0 spiro atoms. The Kier molecular flexibility index (Phi) is 2.08. The van der Waals surface area contributed by atoms with E-state index >= 15 is 0 Å². The van der Waals surface area contributed by atoms with E-state index in [4.69, 9.17) is 0 Å². The van der Waals surface area contributed by atoms with Crippen LogP contribution in [-0.2, 0) is 0 Å². The summed E-state index contributed by atoms with van der Waals surface area (Å²) >= 11 is 4.12. The smallest absolute Gasteiger partial charge is 0.0907 e. The van der Waals surface area contributed by atoms with Crippen molar-refractivity contribution in [1.29, 1.82) is 0 Å². The van der Waals surface area contributed by atoms with Gasteiger partial charge >= 0.3 is 0 Å². The molecule has 1 aromatic carbocycles. The van der Waals surface area contributed by atoms with Crippen LogP contribution in [0.4, 0.5) is 0 Å². The third-order valence-electron chi connectivity index (χ3n) is 1.78. The van der Waals surface area contributed by atoms with Gasteiger partial charge in [-0.05, 0) is 54.1 Å². The first-order valence-electron chi connectivity index (χ1n) is 3.70. The number of nitrogens with zero attached hydrogens (tertiary/aromatic N) is 1. The number of benzene rings is 1. The third-order valence-corrected chi connectivity index (χ3v) is 3.87. The lowest BCUT2D eigenvalue weighted by Crippen LogP contribution is -1.78. The zero-order chi connectivity index (χ0) is 8.72. The number of aryl methyl sites for hydroxylation is 2. The van der Waals surface area contributed by atoms with Crippen LogP contribution in [0.15, 0.2) is 12.1 Å². The number of hydrogen-bond acceptors (Lipinski definition) is 2. The van der Waals surface area contributed by atoms with Gasteiger partial charge in [0.1, 0.15) is 0 Å². The molecule has 2 rings (SSSR count). The van der Waals surface area contributed by atoms with E-state index in [2.05, 4.69) is 46.6 Å². The molecule has 0 fully saturated rings. The van der Waals surface area contributed by atoms with Gasteiger partial charge in [-0.15, -0.1) is 11.3 Å². The lowest BCUT2D eigenvalue weighted by Gasteiger charge is -1.95. The summed E-state index contributed by atoms with van der Waals surface area (Å²) in [6, 6.07) is 4.36. The van der Waals surface area contributed by atoms with Gasteiger partial charge in [0, 0.05) is 3.57 Å². The molecule has 0 aliphatic carbocycles. The van der Waals surface area contributed by atoms with E-state index in [1.165, 1.54) is 13.8 Å². The lowest BCUT2D eigenvalue weighted by molar-refractivity contribution is 1.33. The second kappa shape index (κ2) is 2.96. The molecule has 0 N–H and O–H groups in total. The number of aromatic nitrogens is 1. The average Bonchev–Trinajstić information content (AvgIpc) is 2.30. The van der Waals surface area contributed by atoms with Crippen LogP contribution < -0.4 is 0 Å². The normalized spacial score (nSPS) is 10.9. The Bertz CT molecular complexity index is 394. The first-order valence-corrected chi connectivity index (χ1v) is 5.59. The molecule has 2 aromatic rings. The summed E-state index contributed by atoms with van der Waals surface area (Å²) in [6.07, 6.45) is 0. The maximum atomic E-state index is 4.43. The van der Waals surface area contributed by atoms with Crippen LogP contribution in [0.5, 0.6) is 0 Å². The second-order valence-electron chi connectivity index (χ2n) is 2.80. The van der Waals surface area contributed by atoms with Gasteiger partial charge in [0.2, 0.25) is 0 Å². The predicted octanol–water partition coefficient (Wildman–Crippen LogP) is 3.52. The maximum Gasteiger partial charge on any atom is 0.0907 e. The standard InChI is InChI=1S/C9H8INS/c1-5-3-8-9(4-7(5)10)12-6(2)11-8/h3-4H,1-2H3. The van der Waals surface area contributed by atoms with Gasteiger partial charge in [0.05, 0.1) is 15.2 Å². The molecule has 0 aliphatic rings. The van der Waals surface area contributed by atoms with Gasteiger partial charge < -0.3 is 0 Å². The van der Waals surface area contributed by atoms with Crippen molar-refractivity contribution >= 4 is 44.1 Å². The van der Waals surface area contributed by atoms with Gasteiger partial charge in [0.25, 0.3) is 0 Å². The summed E-state index contributed by atoms with van der Waals surface area (Å²) in [4.78, 5) is 4.43. The van der Waals surface area contributed by atoms with Crippen LogP contribution in [0.1, 0.15) is 10.6 Å². The van der Waals surface area contributed by atoms with Crippen LogP contribution in [-0.4, -0.2) is 4.98 Å². The van der Waals surface area contributed by atoms with E-state index < -0.39 is 0 Å². The van der Waals surface area contributed by atoms with Crippen LogP contribution in [0.25, 0.3) is 10.2 Å². The number of fused-ring (bicyclic) bond motifs is 1. The molecule has 3 heteroatoms. The number of halogens is 1. The molecule has 1 aromatic heterocycles. The highest BCUT2D eigenvalue weighted by Crippen LogP contribution is 2.25. The Morgan fingerprint density at radius 2 is 2.08 bits per heavy atom. The molecule has 0 atom stereocenters. The Morgan fingerprint density at radius 3 is 2.83 bits per heavy atom. The second-order valence-corrected chi connectivity index (χ2v) is 5.20. The van der Waals surface area contributed by atoms with Crippen molar-refractivity contribution < 1.29 is 0 Å². The van der Waals surface area contributed by atoms with Gasteiger partial charge in [-0.2, -0.15) is 0 Å². The fourth-order valence-corrected chi connectivity index (χ4v) is 2.70. The van der Waals surface area contributed by atoms with E-state index in [0.717, 1.165) is 10.5 Å². The van der Waals surface area contributed by atoms with Crippen LogP contribution in [0, 0.1) is 17.4 Å². The SMILES string of the molecule is Cc1nc2cc(C)c(I)cc2s1. The molecule has 12 heavy (non-hydrogen) atoms. The average molecular weight is 289 g/mol. The Hall–Kier alpha value is -0.160. The zero-order valence-corrected chi connectivity index (χ0v) is 9.86. The van der Waals surface area contributed by atoms with Crippen LogP contribution in [0.3, 0.4) is 0 Å². The zero-order valence-electron chi connectivity index (χ0n) is 6.89. The molecular weight excluding hydrogens is 281 g/mol. The highest BCUT2D eigenvalue weighted by Gasteiger charge is 2.02. The quantitative estimate of drug-likeness (QED) is 0.676. The number of rotatable bonds is 0. The third kappa shape index (κ3) is 1.35. The molecule has 0 unspecified atom stereocenters. The molecule has 0 radical (unpaired) electrons. The number of thiazole rings is 1. The van der Waals surface area contributed by atoms with Crippen molar-refractivity contribution in [2.24, 2.45) is 0 Å². The summed E-state index contributed by atoms with van der Waals surface area (Å²) in [7, 11) is 0. The highest BCUT2D eigenvalue weighted by atomic mass is 127. The minimum absolute atomic E-state index is 1.13. The first kappa shape index (κ1) is 8.44. The van der Waals surface area contributed by atoms with Gasteiger partial charge in [-0.25, -0.2) is 4.98 Å². The minimum Gasteiger partial charge on any atom is -0.242 e. The van der Waals surface area contributed by atoms with Crippen molar-refractivity contribution in [2.75, 3.05) is 0 Å².